The maximum Gasteiger partial charge on any atom is 0.286 e. The van der Waals surface area contributed by atoms with Crippen molar-refractivity contribution in [3.05, 3.63) is 27.8 Å². The monoisotopic (exact) mass is 294 g/mol. The number of nitrogens with zero attached hydrogens (tertiary/aromatic N) is 2. The molecule has 1 aromatic rings. The second kappa shape index (κ2) is 6.43. The number of amides is 1. The zero-order chi connectivity index (χ0) is 15.4. The predicted octanol–water partition coefficient (Wildman–Crippen LogP) is 2.24. The van der Waals surface area contributed by atoms with Crippen molar-refractivity contribution in [2.75, 3.05) is 26.8 Å². The fourth-order valence-corrected chi connectivity index (χ4v) is 2.39. The van der Waals surface area contributed by atoms with Crippen LogP contribution in [0.3, 0.4) is 0 Å². The molecule has 7 nitrogen and oxygen atoms in total. The summed E-state index contributed by atoms with van der Waals surface area (Å²) in [5.41, 5.74) is -0.210. The summed E-state index contributed by atoms with van der Waals surface area (Å²) in [5, 5.41) is 11.2. The highest BCUT2D eigenvalue weighted by molar-refractivity contribution is 5.99. The second-order valence-electron chi connectivity index (χ2n) is 4.71. The lowest BCUT2D eigenvalue weighted by Gasteiger charge is -2.17. The van der Waals surface area contributed by atoms with E-state index in [1.165, 1.54) is 19.2 Å². The minimum Gasteiger partial charge on any atom is -0.493 e. The fourth-order valence-electron chi connectivity index (χ4n) is 2.39. The number of hydrogen-bond donors (Lipinski definition) is 0. The van der Waals surface area contributed by atoms with Crippen LogP contribution in [0.15, 0.2) is 12.1 Å². The Morgan fingerprint density at radius 3 is 2.52 bits per heavy atom. The van der Waals surface area contributed by atoms with Gasteiger partial charge in [-0.2, -0.15) is 0 Å². The maximum absolute atomic E-state index is 12.5. The summed E-state index contributed by atoms with van der Waals surface area (Å²) < 4.78 is 10.5. The largest absolute Gasteiger partial charge is 0.493 e. The molecule has 0 N–H and O–H groups in total. The Labute approximate surface area is 122 Å². The van der Waals surface area contributed by atoms with Crippen molar-refractivity contribution in [3.63, 3.8) is 0 Å². The average molecular weight is 294 g/mol. The van der Waals surface area contributed by atoms with Gasteiger partial charge in [-0.1, -0.05) is 0 Å². The molecule has 0 aliphatic carbocycles. The first-order valence-corrected chi connectivity index (χ1v) is 6.87. The molecule has 1 amide bonds. The van der Waals surface area contributed by atoms with Gasteiger partial charge in [0.15, 0.2) is 11.5 Å². The molecule has 21 heavy (non-hydrogen) atoms. The minimum absolute atomic E-state index is 0.0474. The third-order valence-corrected chi connectivity index (χ3v) is 3.40. The standard InChI is InChI=1S/C14H18N2O5/c1-3-21-13-8-10(14(17)15-6-4-5-7-15)11(16(18)19)9-12(13)20-2/h8-9H,3-7H2,1-2H3. The van der Waals surface area contributed by atoms with Gasteiger partial charge in [-0.05, 0) is 19.8 Å². The highest BCUT2D eigenvalue weighted by Crippen LogP contribution is 2.35. The van der Waals surface area contributed by atoms with Crippen LogP contribution in [-0.2, 0) is 0 Å². The van der Waals surface area contributed by atoms with Gasteiger partial charge in [-0.25, -0.2) is 0 Å². The molecule has 1 heterocycles. The molecular weight excluding hydrogens is 276 g/mol. The molecule has 0 spiro atoms. The zero-order valence-electron chi connectivity index (χ0n) is 12.1. The highest BCUT2D eigenvalue weighted by Gasteiger charge is 2.29. The van der Waals surface area contributed by atoms with Crippen molar-refractivity contribution < 1.29 is 19.2 Å². The Morgan fingerprint density at radius 1 is 1.33 bits per heavy atom. The first kappa shape index (κ1) is 15.1. The second-order valence-corrected chi connectivity index (χ2v) is 4.71. The van der Waals surface area contributed by atoms with E-state index in [9.17, 15) is 14.9 Å². The molecule has 1 aliphatic rings. The highest BCUT2D eigenvalue weighted by atomic mass is 16.6. The van der Waals surface area contributed by atoms with Crippen molar-refractivity contribution in [1.29, 1.82) is 0 Å². The van der Waals surface area contributed by atoms with Crippen molar-refractivity contribution >= 4 is 11.6 Å². The van der Waals surface area contributed by atoms with E-state index in [-0.39, 0.29) is 22.9 Å². The number of nitro groups is 1. The summed E-state index contributed by atoms with van der Waals surface area (Å²) in [6.07, 6.45) is 1.85. The van der Waals surface area contributed by atoms with Crippen LogP contribution in [0, 0.1) is 10.1 Å². The van der Waals surface area contributed by atoms with Gasteiger partial charge in [0.05, 0.1) is 24.7 Å². The SMILES string of the molecule is CCOc1cc(C(=O)N2CCCC2)c([N+](=O)[O-])cc1OC. The smallest absolute Gasteiger partial charge is 0.286 e. The Bertz CT molecular complexity index is 553. The summed E-state index contributed by atoms with van der Waals surface area (Å²) in [6.45, 7) is 3.44. The van der Waals surface area contributed by atoms with E-state index in [0.717, 1.165) is 12.8 Å². The molecular formula is C14H18N2O5. The van der Waals surface area contributed by atoms with E-state index in [1.54, 1.807) is 11.8 Å². The van der Waals surface area contributed by atoms with Crippen LogP contribution in [-0.4, -0.2) is 42.5 Å². The molecule has 0 saturated carbocycles. The fraction of sp³-hybridized carbons (Fsp3) is 0.500. The Hall–Kier alpha value is -2.31. The van der Waals surface area contributed by atoms with Crippen LogP contribution >= 0.6 is 0 Å². The van der Waals surface area contributed by atoms with Crippen molar-refractivity contribution in [3.8, 4) is 11.5 Å². The summed E-state index contributed by atoms with van der Waals surface area (Å²) in [7, 11) is 1.41. The van der Waals surface area contributed by atoms with Gasteiger partial charge in [0.1, 0.15) is 5.56 Å². The van der Waals surface area contributed by atoms with Gasteiger partial charge in [0.2, 0.25) is 0 Å². The quantitative estimate of drug-likeness (QED) is 0.614. The molecule has 1 fully saturated rings. The molecule has 1 aromatic carbocycles. The van der Waals surface area contributed by atoms with Crippen molar-refractivity contribution in [2.45, 2.75) is 19.8 Å². The number of nitro benzene ring substituents is 1. The predicted molar refractivity (Wildman–Crippen MR) is 76.0 cm³/mol. The van der Waals surface area contributed by atoms with E-state index < -0.39 is 4.92 Å². The van der Waals surface area contributed by atoms with Crippen molar-refractivity contribution in [1.82, 2.24) is 4.90 Å². The number of benzene rings is 1. The van der Waals surface area contributed by atoms with Crippen LogP contribution in [0.25, 0.3) is 0 Å². The Morgan fingerprint density at radius 2 is 2.00 bits per heavy atom. The lowest BCUT2D eigenvalue weighted by Crippen LogP contribution is -2.28. The maximum atomic E-state index is 12.5. The minimum atomic E-state index is -0.568. The van der Waals surface area contributed by atoms with E-state index in [1.807, 2.05) is 0 Å². The third kappa shape index (κ3) is 3.07. The van der Waals surface area contributed by atoms with Gasteiger partial charge in [0.25, 0.3) is 11.6 Å². The first-order valence-electron chi connectivity index (χ1n) is 6.87. The molecule has 0 atom stereocenters. The molecule has 0 bridgehead atoms. The number of methoxy groups -OCH3 is 1. The molecule has 1 aliphatic heterocycles. The molecule has 114 valence electrons. The number of carbonyl (C=O) groups is 1. The summed E-state index contributed by atoms with van der Waals surface area (Å²) in [6, 6.07) is 2.65. The van der Waals surface area contributed by atoms with Gasteiger partial charge in [-0.15, -0.1) is 0 Å². The van der Waals surface area contributed by atoms with Gasteiger partial charge in [0, 0.05) is 19.2 Å². The van der Waals surface area contributed by atoms with E-state index in [4.69, 9.17) is 9.47 Å². The Balaban J connectivity index is 2.47. The number of hydrogen-bond acceptors (Lipinski definition) is 5. The third-order valence-electron chi connectivity index (χ3n) is 3.40. The number of likely N-dealkylation sites (tertiary alicyclic amines) is 1. The molecule has 1 saturated heterocycles. The summed E-state index contributed by atoms with van der Waals surface area (Å²) in [5.74, 6) is 0.262. The van der Waals surface area contributed by atoms with E-state index >= 15 is 0 Å². The molecule has 0 radical (unpaired) electrons. The zero-order valence-corrected chi connectivity index (χ0v) is 12.1. The molecule has 2 rings (SSSR count). The van der Waals surface area contributed by atoms with Crippen LogP contribution in [0.5, 0.6) is 11.5 Å². The number of carbonyl (C=O) groups excluding carboxylic acids is 1. The summed E-state index contributed by atoms with van der Waals surface area (Å²) >= 11 is 0. The average Bonchev–Trinajstić information content (AvgIpc) is 3.00. The topological polar surface area (TPSA) is 81.9 Å². The first-order chi connectivity index (χ1) is 10.1. The van der Waals surface area contributed by atoms with Crippen molar-refractivity contribution in [2.24, 2.45) is 0 Å². The summed E-state index contributed by atoms with van der Waals surface area (Å²) in [4.78, 5) is 24.7. The van der Waals surface area contributed by atoms with Crippen LogP contribution in [0.1, 0.15) is 30.1 Å². The normalized spacial score (nSPS) is 14.1. The van der Waals surface area contributed by atoms with E-state index in [2.05, 4.69) is 0 Å². The van der Waals surface area contributed by atoms with Crippen LogP contribution in [0.4, 0.5) is 5.69 Å². The lowest BCUT2D eigenvalue weighted by molar-refractivity contribution is -0.385. The Kier molecular flexibility index (Phi) is 4.62. The molecule has 0 aromatic heterocycles. The number of ether oxygens (including phenoxy) is 2. The van der Waals surface area contributed by atoms with Gasteiger partial charge in [-0.3, -0.25) is 14.9 Å². The van der Waals surface area contributed by atoms with Crippen LogP contribution in [0.2, 0.25) is 0 Å². The van der Waals surface area contributed by atoms with Gasteiger partial charge < -0.3 is 14.4 Å². The number of rotatable bonds is 5. The van der Waals surface area contributed by atoms with Gasteiger partial charge >= 0.3 is 0 Å². The molecule has 7 heteroatoms. The lowest BCUT2D eigenvalue weighted by atomic mass is 10.1. The molecule has 0 unspecified atom stereocenters. The van der Waals surface area contributed by atoms with E-state index in [0.29, 0.717) is 25.4 Å². The van der Waals surface area contributed by atoms with Crippen LogP contribution < -0.4 is 9.47 Å².